The van der Waals surface area contributed by atoms with E-state index >= 15 is 0 Å². The van der Waals surface area contributed by atoms with Crippen LogP contribution < -0.4 is 10.9 Å². The Balaban J connectivity index is 1.55. The maximum absolute atomic E-state index is 12.8. The molecule has 1 amide bonds. The van der Waals surface area contributed by atoms with Gasteiger partial charge in [0.25, 0.3) is 5.56 Å². The summed E-state index contributed by atoms with van der Waals surface area (Å²) in [6.07, 6.45) is 0. The van der Waals surface area contributed by atoms with Gasteiger partial charge < -0.3 is 10.3 Å². The highest BCUT2D eigenvalue weighted by Crippen LogP contribution is 2.32. The lowest BCUT2D eigenvalue weighted by Gasteiger charge is -2.11. The molecule has 0 aliphatic carbocycles. The lowest BCUT2D eigenvalue weighted by molar-refractivity contribution is -0.115. The van der Waals surface area contributed by atoms with Gasteiger partial charge in [0.1, 0.15) is 4.83 Å². The van der Waals surface area contributed by atoms with Crippen molar-refractivity contribution in [2.45, 2.75) is 24.3 Å². The van der Waals surface area contributed by atoms with Gasteiger partial charge in [-0.2, -0.15) is 0 Å². The highest BCUT2D eigenvalue weighted by molar-refractivity contribution is 9.10. The number of nitrogens with zero attached hydrogens (tertiary/aromatic N) is 1. The van der Waals surface area contributed by atoms with Crippen molar-refractivity contribution in [3.8, 4) is 11.1 Å². The molecule has 152 valence electrons. The second-order valence-corrected chi connectivity index (χ2v) is 9.93. The summed E-state index contributed by atoms with van der Waals surface area (Å²) in [5.41, 5.74) is 3.55. The highest BCUT2D eigenvalue weighted by Gasteiger charge is 2.18. The first-order valence-corrected chi connectivity index (χ1v) is 11.8. The van der Waals surface area contributed by atoms with E-state index in [0.29, 0.717) is 21.1 Å². The Hall–Kier alpha value is -2.42. The van der Waals surface area contributed by atoms with Crippen LogP contribution in [-0.4, -0.2) is 21.1 Å². The third-order valence-electron chi connectivity index (χ3n) is 4.55. The summed E-state index contributed by atoms with van der Waals surface area (Å²) < 4.78 is 0.943. The van der Waals surface area contributed by atoms with Crippen LogP contribution in [0.25, 0.3) is 21.3 Å². The van der Waals surface area contributed by atoms with E-state index in [2.05, 4.69) is 31.2 Å². The number of hydrogen-bond acceptors (Lipinski definition) is 5. The zero-order chi connectivity index (χ0) is 21.3. The van der Waals surface area contributed by atoms with Crippen LogP contribution in [0.3, 0.4) is 0 Å². The number of halogens is 1. The number of amides is 1. The SMILES string of the molecule is Cc1ccc(-c2csc3nc(SC(C)C(=O)Nc4ccc(Br)cc4)[nH]c(=O)c23)cc1. The average Bonchev–Trinajstić information content (AvgIpc) is 3.15. The summed E-state index contributed by atoms with van der Waals surface area (Å²) in [6, 6.07) is 15.4. The molecule has 0 saturated carbocycles. The number of benzene rings is 2. The standard InChI is InChI=1S/C22H18BrN3O2S2/c1-12-3-5-14(6-4-12)17-11-29-21-18(17)20(28)25-22(26-21)30-13(2)19(27)24-16-9-7-15(23)8-10-16/h3-11,13H,1-2H3,(H,24,27)(H,25,26,28). The van der Waals surface area contributed by atoms with Crippen LogP contribution in [0.4, 0.5) is 5.69 Å². The third kappa shape index (κ3) is 4.50. The van der Waals surface area contributed by atoms with Gasteiger partial charge in [0.2, 0.25) is 5.91 Å². The molecular weight excluding hydrogens is 482 g/mol. The molecule has 5 nitrogen and oxygen atoms in total. The topological polar surface area (TPSA) is 74.8 Å². The smallest absolute Gasteiger partial charge is 0.260 e. The Labute approximate surface area is 190 Å². The molecule has 4 rings (SSSR count). The number of carbonyl (C=O) groups excluding carboxylic acids is 1. The number of fused-ring (bicyclic) bond motifs is 1. The van der Waals surface area contributed by atoms with Crippen LogP contribution in [0.5, 0.6) is 0 Å². The van der Waals surface area contributed by atoms with Crippen molar-refractivity contribution in [3.63, 3.8) is 0 Å². The van der Waals surface area contributed by atoms with Gasteiger partial charge in [0, 0.05) is 21.1 Å². The summed E-state index contributed by atoms with van der Waals surface area (Å²) in [5.74, 6) is -0.156. The lowest BCUT2D eigenvalue weighted by atomic mass is 10.1. The number of rotatable bonds is 5. The molecule has 4 aromatic rings. The Morgan fingerprint density at radius 2 is 1.87 bits per heavy atom. The summed E-state index contributed by atoms with van der Waals surface area (Å²) >= 11 is 6.03. The minimum atomic E-state index is -0.425. The first-order valence-electron chi connectivity index (χ1n) is 9.22. The first kappa shape index (κ1) is 20.8. The van der Waals surface area contributed by atoms with Crippen molar-refractivity contribution in [2.24, 2.45) is 0 Å². The average molecular weight is 500 g/mol. The molecule has 2 N–H and O–H groups in total. The fraction of sp³-hybridized carbons (Fsp3) is 0.136. The van der Waals surface area contributed by atoms with E-state index in [1.807, 2.05) is 60.8 Å². The van der Waals surface area contributed by atoms with E-state index in [-0.39, 0.29) is 11.5 Å². The van der Waals surface area contributed by atoms with Gasteiger partial charge in [-0.3, -0.25) is 9.59 Å². The minimum absolute atomic E-state index is 0.156. The molecule has 1 atom stereocenters. The number of hydrogen-bond donors (Lipinski definition) is 2. The number of thioether (sulfide) groups is 1. The van der Waals surface area contributed by atoms with Crippen molar-refractivity contribution in [2.75, 3.05) is 5.32 Å². The number of thiophene rings is 1. The molecule has 8 heteroatoms. The normalized spacial score (nSPS) is 12.1. The van der Waals surface area contributed by atoms with E-state index in [9.17, 15) is 9.59 Å². The zero-order valence-corrected chi connectivity index (χ0v) is 19.5. The molecule has 0 saturated heterocycles. The number of aromatic amines is 1. The zero-order valence-electron chi connectivity index (χ0n) is 16.2. The van der Waals surface area contributed by atoms with Crippen LogP contribution in [0.2, 0.25) is 0 Å². The van der Waals surface area contributed by atoms with Crippen molar-refractivity contribution < 1.29 is 4.79 Å². The molecule has 0 aliphatic heterocycles. The molecule has 2 heterocycles. The Bertz CT molecular complexity index is 1260. The van der Waals surface area contributed by atoms with Gasteiger partial charge in [-0.1, -0.05) is 57.5 Å². The van der Waals surface area contributed by atoms with Gasteiger partial charge in [-0.15, -0.1) is 11.3 Å². The maximum Gasteiger partial charge on any atom is 0.260 e. The second kappa shape index (κ2) is 8.75. The summed E-state index contributed by atoms with van der Waals surface area (Å²) in [5, 5.41) is 5.42. The van der Waals surface area contributed by atoms with Gasteiger partial charge in [0.15, 0.2) is 5.16 Å². The van der Waals surface area contributed by atoms with Crippen LogP contribution in [-0.2, 0) is 4.79 Å². The largest absolute Gasteiger partial charge is 0.325 e. The van der Waals surface area contributed by atoms with E-state index in [1.54, 1.807) is 6.92 Å². The van der Waals surface area contributed by atoms with Crippen molar-refractivity contribution in [1.29, 1.82) is 0 Å². The summed E-state index contributed by atoms with van der Waals surface area (Å²) in [4.78, 5) is 33.4. The molecule has 0 bridgehead atoms. The molecule has 0 fully saturated rings. The Morgan fingerprint density at radius 3 is 2.57 bits per heavy atom. The van der Waals surface area contributed by atoms with E-state index in [4.69, 9.17) is 0 Å². The predicted molar refractivity (Wildman–Crippen MR) is 129 cm³/mol. The Morgan fingerprint density at radius 1 is 1.17 bits per heavy atom. The van der Waals surface area contributed by atoms with E-state index in [1.165, 1.54) is 28.7 Å². The molecule has 1 unspecified atom stereocenters. The Kier molecular flexibility index (Phi) is 6.08. The number of H-pyrrole nitrogens is 1. The summed E-state index contributed by atoms with van der Waals surface area (Å²) in [6.45, 7) is 3.82. The first-order chi connectivity index (χ1) is 14.4. The number of aryl methyl sites for hydroxylation is 1. The molecule has 2 aromatic carbocycles. The molecule has 0 spiro atoms. The fourth-order valence-corrected chi connectivity index (χ4v) is 5.00. The monoisotopic (exact) mass is 499 g/mol. The minimum Gasteiger partial charge on any atom is -0.325 e. The number of aromatic nitrogens is 2. The van der Waals surface area contributed by atoms with E-state index in [0.717, 1.165) is 15.6 Å². The molecule has 0 aliphatic rings. The lowest BCUT2D eigenvalue weighted by Crippen LogP contribution is -2.23. The fourth-order valence-electron chi connectivity index (χ4n) is 2.93. The van der Waals surface area contributed by atoms with Crippen LogP contribution in [0, 0.1) is 6.92 Å². The van der Waals surface area contributed by atoms with Gasteiger partial charge in [0.05, 0.1) is 10.6 Å². The number of anilines is 1. The van der Waals surface area contributed by atoms with E-state index < -0.39 is 5.25 Å². The number of carbonyl (C=O) groups is 1. The molecule has 2 aromatic heterocycles. The summed E-state index contributed by atoms with van der Waals surface area (Å²) in [7, 11) is 0. The van der Waals surface area contributed by atoms with Gasteiger partial charge in [-0.05, 0) is 43.7 Å². The van der Waals surface area contributed by atoms with Crippen molar-refractivity contribution in [3.05, 3.63) is 74.3 Å². The predicted octanol–water partition coefficient (Wildman–Crippen LogP) is 5.84. The van der Waals surface area contributed by atoms with Crippen LogP contribution >= 0.6 is 39.0 Å². The second-order valence-electron chi connectivity index (χ2n) is 6.82. The molecule has 30 heavy (non-hydrogen) atoms. The maximum atomic E-state index is 12.8. The van der Waals surface area contributed by atoms with Crippen LogP contribution in [0.1, 0.15) is 12.5 Å². The number of nitrogens with one attached hydrogen (secondary N) is 2. The quantitative estimate of drug-likeness (QED) is 0.267. The third-order valence-corrected chi connectivity index (χ3v) is 6.94. The van der Waals surface area contributed by atoms with Crippen LogP contribution in [0.15, 0.2) is 68.3 Å². The molecular formula is C22H18BrN3O2S2. The molecule has 0 radical (unpaired) electrons. The highest BCUT2D eigenvalue weighted by atomic mass is 79.9. The van der Waals surface area contributed by atoms with Gasteiger partial charge >= 0.3 is 0 Å². The van der Waals surface area contributed by atoms with Gasteiger partial charge in [-0.25, -0.2) is 4.98 Å². The van der Waals surface area contributed by atoms with Crippen molar-refractivity contribution >= 4 is 60.8 Å². The van der Waals surface area contributed by atoms with Crippen molar-refractivity contribution in [1.82, 2.24) is 9.97 Å².